The molecule has 1 aliphatic carbocycles. The number of anilines is 1. The van der Waals surface area contributed by atoms with E-state index in [-0.39, 0.29) is 30.2 Å². The molecular formula is C12H21N5O3. The first-order valence-corrected chi connectivity index (χ1v) is 6.80. The summed E-state index contributed by atoms with van der Waals surface area (Å²) in [6, 6.07) is 0.419. The number of nitrogen functional groups attached to an aromatic ring is 1. The van der Waals surface area contributed by atoms with Gasteiger partial charge in [0, 0.05) is 13.5 Å². The number of aromatic nitrogens is 3. The van der Waals surface area contributed by atoms with Gasteiger partial charge in [-0.2, -0.15) is 9.97 Å². The summed E-state index contributed by atoms with van der Waals surface area (Å²) in [6.45, 7) is 2.31. The molecule has 2 rings (SSSR count). The fourth-order valence-electron chi connectivity index (χ4n) is 2.22. The van der Waals surface area contributed by atoms with Crippen LogP contribution in [0.4, 0.5) is 5.95 Å². The standard InChI is InChI=1S/C12H21N5O3/c1-3-19-11-14-10(17-13)15-12(16-11)20-9-6-4-5-8(7-9)18-2/h8-9H,3-7,13H2,1-2H3,(H,14,15,16,17). The minimum absolute atomic E-state index is 0.0381. The number of rotatable bonds is 6. The van der Waals surface area contributed by atoms with Crippen LogP contribution in [0.5, 0.6) is 12.0 Å². The number of nitrogens with two attached hydrogens (primary N) is 1. The summed E-state index contributed by atoms with van der Waals surface area (Å²) in [5.41, 5.74) is 2.38. The van der Waals surface area contributed by atoms with Gasteiger partial charge in [-0.3, -0.25) is 5.43 Å². The van der Waals surface area contributed by atoms with E-state index in [0.717, 1.165) is 25.7 Å². The Balaban J connectivity index is 2.05. The van der Waals surface area contributed by atoms with Crippen molar-refractivity contribution in [3.63, 3.8) is 0 Å². The van der Waals surface area contributed by atoms with Crippen molar-refractivity contribution in [2.24, 2.45) is 5.84 Å². The number of hydrogen-bond donors (Lipinski definition) is 2. The maximum absolute atomic E-state index is 5.80. The predicted molar refractivity (Wildman–Crippen MR) is 72.5 cm³/mol. The van der Waals surface area contributed by atoms with Crippen LogP contribution in [-0.4, -0.2) is 40.9 Å². The van der Waals surface area contributed by atoms with Crippen molar-refractivity contribution >= 4 is 5.95 Å². The molecule has 2 unspecified atom stereocenters. The lowest BCUT2D eigenvalue weighted by Gasteiger charge is -2.27. The van der Waals surface area contributed by atoms with Gasteiger partial charge in [-0.15, -0.1) is 4.98 Å². The molecule has 1 heterocycles. The van der Waals surface area contributed by atoms with Gasteiger partial charge in [0.25, 0.3) is 0 Å². The van der Waals surface area contributed by atoms with E-state index in [9.17, 15) is 0 Å². The van der Waals surface area contributed by atoms with Gasteiger partial charge in [0.15, 0.2) is 0 Å². The summed E-state index contributed by atoms with van der Waals surface area (Å²) >= 11 is 0. The van der Waals surface area contributed by atoms with Crippen molar-refractivity contribution < 1.29 is 14.2 Å². The van der Waals surface area contributed by atoms with Crippen molar-refractivity contribution in [1.82, 2.24) is 15.0 Å². The highest BCUT2D eigenvalue weighted by Crippen LogP contribution is 2.24. The largest absolute Gasteiger partial charge is 0.464 e. The molecule has 0 bridgehead atoms. The van der Waals surface area contributed by atoms with Crippen LogP contribution in [0.15, 0.2) is 0 Å². The van der Waals surface area contributed by atoms with Crippen LogP contribution in [0, 0.1) is 0 Å². The van der Waals surface area contributed by atoms with Crippen LogP contribution in [0.2, 0.25) is 0 Å². The molecule has 0 spiro atoms. The third kappa shape index (κ3) is 3.91. The molecule has 0 radical (unpaired) electrons. The zero-order chi connectivity index (χ0) is 14.4. The monoisotopic (exact) mass is 283 g/mol. The van der Waals surface area contributed by atoms with E-state index in [1.165, 1.54) is 0 Å². The van der Waals surface area contributed by atoms with E-state index in [1.807, 2.05) is 6.92 Å². The molecule has 1 aromatic rings. The Morgan fingerprint density at radius 2 is 1.95 bits per heavy atom. The van der Waals surface area contributed by atoms with E-state index < -0.39 is 0 Å². The average Bonchev–Trinajstić information content (AvgIpc) is 2.47. The van der Waals surface area contributed by atoms with E-state index in [1.54, 1.807) is 7.11 Å². The molecule has 1 saturated carbocycles. The molecule has 20 heavy (non-hydrogen) atoms. The average molecular weight is 283 g/mol. The Morgan fingerprint density at radius 3 is 2.65 bits per heavy atom. The van der Waals surface area contributed by atoms with E-state index in [2.05, 4.69) is 20.4 Å². The maximum atomic E-state index is 5.80. The predicted octanol–water partition coefficient (Wildman–Crippen LogP) is 0.892. The Hall–Kier alpha value is -1.67. The Bertz CT molecular complexity index is 432. The zero-order valence-corrected chi connectivity index (χ0v) is 11.8. The second kappa shape index (κ2) is 7.20. The summed E-state index contributed by atoms with van der Waals surface area (Å²) in [5.74, 6) is 5.55. The van der Waals surface area contributed by atoms with Gasteiger partial charge in [-0.25, -0.2) is 5.84 Å². The number of ether oxygens (including phenoxy) is 3. The Labute approximate surface area is 118 Å². The molecule has 1 aromatic heterocycles. The summed E-state index contributed by atoms with van der Waals surface area (Å²) in [7, 11) is 1.72. The van der Waals surface area contributed by atoms with Gasteiger partial charge in [0.05, 0.1) is 12.7 Å². The highest BCUT2D eigenvalue weighted by Gasteiger charge is 2.24. The molecule has 8 nitrogen and oxygen atoms in total. The highest BCUT2D eigenvalue weighted by molar-refractivity contribution is 5.25. The first kappa shape index (κ1) is 14.7. The normalized spacial score (nSPS) is 22.4. The molecule has 1 aliphatic rings. The lowest BCUT2D eigenvalue weighted by Crippen LogP contribution is -2.30. The first-order valence-electron chi connectivity index (χ1n) is 6.80. The summed E-state index contributed by atoms with van der Waals surface area (Å²) in [6.07, 6.45) is 4.19. The van der Waals surface area contributed by atoms with Crippen LogP contribution in [0.1, 0.15) is 32.6 Å². The van der Waals surface area contributed by atoms with Crippen molar-refractivity contribution in [2.75, 3.05) is 19.1 Å². The summed E-state index contributed by atoms with van der Waals surface area (Å²) < 4.78 is 16.4. The van der Waals surface area contributed by atoms with E-state index in [4.69, 9.17) is 20.1 Å². The van der Waals surface area contributed by atoms with E-state index in [0.29, 0.717) is 6.61 Å². The minimum Gasteiger partial charge on any atom is -0.464 e. The van der Waals surface area contributed by atoms with Crippen LogP contribution in [-0.2, 0) is 4.74 Å². The Morgan fingerprint density at radius 1 is 1.20 bits per heavy atom. The molecule has 2 atom stereocenters. The van der Waals surface area contributed by atoms with Crippen LogP contribution < -0.4 is 20.7 Å². The molecule has 0 saturated heterocycles. The van der Waals surface area contributed by atoms with Gasteiger partial charge < -0.3 is 14.2 Å². The van der Waals surface area contributed by atoms with Gasteiger partial charge in [-0.05, 0) is 26.2 Å². The number of nitrogens with zero attached hydrogens (tertiary/aromatic N) is 3. The fraction of sp³-hybridized carbons (Fsp3) is 0.750. The summed E-state index contributed by atoms with van der Waals surface area (Å²) in [4.78, 5) is 12.2. The molecule has 1 fully saturated rings. The van der Waals surface area contributed by atoms with Gasteiger partial charge in [0.2, 0.25) is 5.95 Å². The fourth-order valence-corrected chi connectivity index (χ4v) is 2.22. The molecule has 8 heteroatoms. The molecule has 3 N–H and O–H groups in total. The minimum atomic E-state index is 0.0381. The third-order valence-corrected chi connectivity index (χ3v) is 3.18. The highest BCUT2D eigenvalue weighted by atomic mass is 16.5. The SMILES string of the molecule is CCOc1nc(NN)nc(OC2CCCC(OC)C2)n1. The number of methoxy groups -OCH3 is 1. The second-order valence-electron chi connectivity index (χ2n) is 4.57. The summed E-state index contributed by atoms with van der Waals surface area (Å²) in [5, 5.41) is 0. The van der Waals surface area contributed by atoms with Crippen molar-refractivity contribution in [1.29, 1.82) is 0 Å². The maximum Gasteiger partial charge on any atom is 0.324 e. The van der Waals surface area contributed by atoms with Crippen molar-refractivity contribution in [3.8, 4) is 12.0 Å². The molecule has 112 valence electrons. The molecular weight excluding hydrogens is 262 g/mol. The quantitative estimate of drug-likeness (QED) is 0.586. The van der Waals surface area contributed by atoms with Gasteiger partial charge in [0.1, 0.15) is 6.10 Å². The molecule has 0 aromatic carbocycles. The lowest BCUT2D eigenvalue weighted by molar-refractivity contribution is 0.0176. The molecule has 0 aliphatic heterocycles. The zero-order valence-electron chi connectivity index (χ0n) is 11.8. The number of nitrogens with one attached hydrogen (secondary N) is 1. The van der Waals surface area contributed by atoms with Crippen LogP contribution in [0.3, 0.4) is 0 Å². The van der Waals surface area contributed by atoms with Gasteiger partial charge in [-0.1, -0.05) is 0 Å². The second-order valence-corrected chi connectivity index (χ2v) is 4.57. The smallest absolute Gasteiger partial charge is 0.324 e. The lowest BCUT2D eigenvalue weighted by atomic mass is 9.95. The third-order valence-electron chi connectivity index (χ3n) is 3.18. The Kier molecular flexibility index (Phi) is 5.31. The van der Waals surface area contributed by atoms with Crippen LogP contribution in [0.25, 0.3) is 0 Å². The van der Waals surface area contributed by atoms with Crippen LogP contribution >= 0.6 is 0 Å². The molecule has 0 amide bonds. The first-order chi connectivity index (χ1) is 9.75. The topological polar surface area (TPSA) is 104 Å². The van der Waals surface area contributed by atoms with Crippen molar-refractivity contribution in [3.05, 3.63) is 0 Å². The van der Waals surface area contributed by atoms with Gasteiger partial charge >= 0.3 is 12.0 Å². The van der Waals surface area contributed by atoms with Crippen molar-refractivity contribution in [2.45, 2.75) is 44.8 Å². The number of hydrazine groups is 1. The van der Waals surface area contributed by atoms with E-state index >= 15 is 0 Å². The number of hydrogen-bond acceptors (Lipinski definition) is 8.